The third kappa shape index (κ3) is 4.63. The molecule has 0 unspecified atom stereocenters. The Balaban J connectivity index is 0.00000144. The number of hydrogen-bond donors (Lipinski definition) is 2. The van der Waals surface area contributed by atoms with Crippen molar-refractivity contribution in [2.45, 2.75) is 12.8 Å². The molecule has 0 bridgehead atoms. The first kappa shape index (κ1) is 12.1. The van der Waals surface area contributed by atoms with Crippen LogP contribution in [0.5, 0.6) is 5.75 Å². The molecule has 0 aliphatic heterocycles. The first-order chi connectivity index (χ1) is 5.68. The van der Waals surface area contributed by atoms with Gasteiger partial charge >= 0.3 is 5.97 Å². The first-order valence-corrected chi connectivity index (χ1v) is 3.68. The molecule has 0 amide bonds. The Morgan fingerprint density at radius 3 is 2.23 bits per heavy atom. The number of aryl methyl sites for hydroxylation is 1. The third-order valence-electron chi connectivity index (χ3n) is 1.56. The topological polar surface area (TPSA) is 57.5 Å². The van der Waals surface area contributed by atoms with Crippen molar-refractivity contribution in [3.05, 3.63) is 29.8 Å². The summed E-state index contributed by atoms with van der Waals surface area (Å²) in [6.45, 7) is 0. The minimum absolute atomic E-state index is 0. The molecule has 0 aliphatic carbocycles. The van der Waals surface area contributed by atoms with Crippen LogP contribution in [0.3, 0.4) is 0 Å². The number of hydrogen-bond acceptors (Lipinski definition) is 2. The maximum absolute atomic E-state index is 10.2. The van der Waals surface area contributed by atoms with E-state index in [2.05, 4.69) is 0 Å². The van der Waals surface area contributed by atoms with Crippen molar-refractivity contribution in [3.8, 4) is 5.75 Å². The van der Waals surface area contributed by atoms with Crippen LogP contribution in [-0.4, -0.2) is 16.2 Å². The Kier molecular flexibility index (Phi) is 5.32. The van der Waals surface area contributed by atoms with Gasteiger partial charge in [0.05, 0.1) is 0 Å². The molecule has 0 spiro atoms. The van der Waals surface area contributed by atoms with E-state index in [1.54, 1.807) is 24.3 Å². The van der Waals surface area contributed by atoms with Gasteiger partial charge in [0, 0.05) is 25.9 Å². The van der Waals surface area contributed by atoms with Gasteiger partial charge in [-0.3, -0.25) is 4.79 Å². The van der Waals surface area contributed by atoms with Gasteiger partial charge in [0.1, 0.15) is 5.75 Å². The minimum atomic E-state index is -0.803. The van der Waals surface area contributed by atoms with Crippen LogP contribution in [0.4, 0.5) is 0 Å². The maximum atomic E-state index is 10.2. The summed E-state index contributed by atoms with van der Waals surface area (Å²) < 4.78 is 0. The van der Waals surface area contributed by atoms with Crippen molar-refractivity contribution in [3.63, 3.8) is 0 Å². The Hall–Kier alpha value is -0.887. The normalized spacial score (nSPS) is 8.92. The quantitative estimate of drug-likeness (QED) is 0.774. The van der Waals surface area contributed by atoms with Gasteiger partial charge in [0.25, 0.3) is 0 Å². The van der Waals surface area contributed by atoms with Gasteiger partial charge < -0.3 is 10.2 Å². The number of aliphatic carboxylic acids is 1. The summed E-state index contributed by atoms with van der Waals surface area (Å²) in [6, 6.07) is 6.55. The molecule has 0 fully saturated rings. The van der Waals surface area contributed by atoms with Gasteiger partial charge in [0.15, 0.2) is 0 Å². The number of phenolic OH excluding ortho intramolecular Hbond substituents is 1. The zero-order valence-corrected chi connectivity index (χ0v) is 10.2. The molecular formula is C9H10O3Zn. The van der Waals surface area contributed by atoms with Crippen LogP contribution in [0.2, 0.25) is 0 Å². The fraction of sp³-hybridized carbons (Fsp3) is 0.222. The summed E-state index contributed by atoms with van der Waals surface area (Å²) in [4.78, 5) is 10.2. The molecule has 0 heterocycles. The molecule has 3 nitrogen and oxygen atoms in total. The van der Waals surface area contributed by atoms with E-state index < -0.39 is 5.97 Å². The van der Waals surface area contributed by atoms with Crippen molar-refractivity contribution in [1.29, 1.82) is 0 Å². The van der Waals surface area contributed by atoms with Gasteiger partial charge in [-0.05, 0) is 24.1 Å². The van der Waals surface area contributed by atoms with Crippen LogP contribution >= 0.6 is 0 Å². The second-order valence-electron chi connectivity index (χ2n) is 2.56. The summed E-state index contributed by atoms with van der Waals surface area (Å²) in [7, 11) is 0. The largest absolute Gasteiger partial charge is 0.508 e. The fourth-order valence-electron chi connectivity index (χ4n) is 0.914. The molecule has 0 saturated heterocycles. The van der Waals surface area contributed by atoms with Gasteiger partial charge in [0.2, 0.25) is 0 Å². The number of phenols is 1. The zero-order chi connectivity index (χ0) is 8.97. The van der Waals surface area contributed by atoms with Crippen molar-refractivity contribution in [1.82, 2.24) is 0 Å². The van der Waals surface area contributed by atoms with Crippen LogP contribution in [0, 0.1) is 0 Å². The van der Waals surface area contributed by atoms with Crippen LogP contribution < -0.4 is 0 Å². The van der Waals surface area contributed by atoms with Gasteiger partial charge in [-0.15, -0.1) is 0 Å². The van der Waals surface area contributed by atoms with Gasteiger partial charge in [-0.25, -0.2) is 0 Å². The van der Waals surface area contributed by atoms with E-state index in [1.807, 2.05) is 0 Å². The summed E-state index contributed by atoms with van der Waals surface area (Å²) in [5.74, 6) is -0.600. The van der Waals surface area contributed by atoms with Crippen LogP contribution in [0.25, 0.3) is 0 Å². The second-order valence-corrected chi connectivity index (χ2v) is 2.56. The average Bonchev–Trinajstić information content (AvgIpc) is 2.03. The van der Waals surface area contributed by atoms with E-state index in [1.165, 1.54) is 0 Å². The Morgan fingerprint density at radius 1 is 1.23 bits per heavy atom. The molecule has 0 saturated carbocycles. The Bertz CT molecular complexity index is 269. The molecule has 4 heteroatoms. The molecule has 1 aromatic carbocycles. The standard InChI is InChI=1S/C9H10O3.Zn/c10-8-4-1-7(2-5-8)3-6-9(11)12;/h1-2,4-5,10H,3,6H2,(H,11,12);. The molecule has 1 aromatic rings. The predicted molar refractivity (Wildman–Crippen MR) is 44.1 cm³/mol. The minimum Gasteiger partial charge on any atom is -0.508 e. The molecule has 0 radical (unpaired) electrons. The molecule has 2 N–H and O–H groups in total. The first-order valence-electron chi connectivity index (χ1n) is 3.68. The van der Waals surface area contributed by atoms with E-state index in [0.29, 0.717) is 6.42 Å². The molecular weight excluding hydrogens is 221 g/mol. The van der Waals surface area contributed by atoms with Crippen molar-refractivity contribution < 1.29 is 34.5 Å². The summed E-state index contributed by atoms with van der Waals surface area (Å²) in [6.07, 6.45) is 0.639. The zero-order valence-electron chi connectivity index (χ0n) is 7.23. The van der Waals surface area contributed by atoms with Gasteiger partial charge in [-0.1, -0.05) is 12.1 Å². The predicted octanol–water partition coefficient (Wildman–Crippen LogP) is 1.41. The number of carbonyl (C=O) groups is 1. The molecule has 66 valence electrons. The Labute approximate surface area is 89.2 Å². The number of carboxylic acid groups (broad SMARTS) is 1. The fourth-order valence-corrected chi connectivity index (χ4v) is 0.914. The maximum Gasteiger partial charge on any atom is 0.303 e. The second kappa shape index (κ2) is 5.71. The van der Waals surface area contributed by atoms with Crippen LogP contribution in [-0.2, 0) is 30.7 Å². The van der Waals surface area contributed by atoms with Crippen LogP contribution in [0.1, 0.15) is 12.0 Å². The van der Waals surface area contributed by atoms with Crippen molar-refractivity contribution >= 4 is 5.97 Å². The third-order valence-corrected chi connectivity index (χ3v) is 1.56. The molecule has 13 heavy (non-hydrogen) atoms. The van der Waals surface area contributed by atoms with Gasteiger partial charge in [-0.2, -0.15) is 0 Å². The van der Waals surface area contributed by atoms with E-state index >= 15 is 0 Å². The van der Waals surface area contributed by atoms with Crippen molar-refractivity contribution in [2.75, 3.05) is 0 Å². The van der Waals surface area contributed by atoms with E-state index in [4.69, 9.17) is 10.2 Å². The SMILES string of the molecule is O=C(O)CCc1ccc(O)cc1.[Zn]. The average molecular weight is 232 g/mol. The number of carboxylic acids is 1. The smallest absolute Gasteiger partial charge is 0.303 e. The van der Waals surface area contributed by atoms with Crippen molar-refractivity contribution in [2.24, 2.45) is 0 Å². The molecule has 0 atom stereocenters. The summed E-state index contributed by atoms with van der Waals surface area (Å²) in [5, 5.41) is 17.3. The molecule has 0 aromatic heterocycles. The van der Waals surface area contributed by atoms with Crippen LogP contribution in [0.15, 0.2) is 24.3 Å². The van der Waals surface area contributed by atoms with E-state index in [9.17, 15) is 4.79 Å². The molecule has 0 aliphatic rings. The Morgan fingerprint density at radius 2 is 1.77 bits per heavy atom. The number of aromatic hydroxyl groups is 1. The number of rotatable bonds is 3. The molecule has 1 rings (SSSR count). The van der Waals surface area contributed by atoms with E-state index in [-0.39, 0.29) is 31.6 Å². The number of benzene rings is 1. The van der Waals surface area contributed by atoms with E-state index in [0.717, 1.165) is 5.56 Å². The summed E-state index contributed by atoms with van der Waals surface area (Å²) in [5.41, 5.74) is 0.926. The monoisotopic (exact) mass is 230 g/mol. The summed E-state index contributed by atoms with van der Waals surface area (Å²) >= 11 is 0.